The Bertz CT molecular complexity index is 3330. The minimum Gasteiger partial charge on any atom is -0.493 e. The predicted octanol–water partition coefficient (Wildman–Crippen LogP) is 0.722. The van der Waals surface area contributed by atoms with E-state index in [4.69, 9.17) is 39.4 Å². The van der Waals surface area contributed by atoms with Gasteiger partial charge < -0.3 is 99.2 Å². The minimum atomic E-state index is -2.03. The Labute approximate surface area is 484 Å². The molecule has 0 radical (unpaired) electrons. The summed E-state index contributed by atoms with van der Waals surface area (Å²) in [5.41, 5.74) is 2.16. The Morgan fingerprint density at radius 3 is 2.15 bits per heavy atom. The largest absolute Gasteiger partial charge is 0.493 e. The van der Waals surface area contributed by atoms with Gasteiger partial charge in [-0.15, -0.1) is 0 Å². The van der Waals surface area contributed by atoms with E-state index in [1.165, 1.54) is 59.0 Å². The van der Waals surface area contributed by atoms with E-state index in [0.29, 0.717) is 34.6 Å². The maximum atomic E-state index is 14.5. The summed E-state index contributed by atoms with van der Waals surface area (Å²) in [6.07, 6.45) is -9.19. The molecule has 5 heterocycles. The summed E-state index contributed by atoms with van der Waals surface area (Å²) in [4.78, 5) is 101. The molecule has 2 aromatic heterocycles. The van der Waals surface area contributed by atoms with Gasteiger partial charge in [0.1, 0.15) is 48.7 Å². The van der Waals surface area contributed by atoms with Crippen LogP contribution < -0.4 is 46.3 Å². The molecule has 29 nitrogen and oxygen atoms in total. The Hall–Kier alpha value is -8.91. The van der Waals surface area contributed by atoms with Gasteiger partial charge in [0.05, 0.1) is 61.2 Å². The summed E-state index contributed by atoms with van der Waals surface area (Å²) in [7, 11) is 4.61. The second kappa shape index (κ2) is 27.7. The van der Waals surface area contributed by atoms with Crippen molar-refractivity contribution < 1.29 is 97.5 Å². The molecule has 454 valence electrons. The summed E-state index contributed by atoms with van der Waals surface area (Å²) in [5.74, 6) is 0.365. The van der Waals surface area contributed by atoms with Crippen LogP contribution in [0.4, 0.5) is 21.9 Å². The smallest absolute Gasteiger partial charge is 0.416 e. The van der Waals surface area contributed by atoms with Crippen molar-refractivity contribution in [1.29, 1.82) is 0 Å². The first-order valence-corrected chi connectivity index (χ1v) is 26.5. The summed E-state index contributed by atoms with van der Waals surface area (Å²) >= 11 is 0. The number of fused-ring (bicyclic) bond motifs is 2. The van der Waals surface area contributed by atoms with E-state index in [0.717, 1.165) is 4.90 Å². The van der Waals surface area contributed by atoms with Crippen LogP contribution in [0.25, 0.3) is 0 Å². The quantitative estimate of drug-likeness (QED) is 0.0230. The number of carbonyl (C=O) groups excluding carboxylic acids is 6. The summed E-state index contributed by atoms with van der Waals surface area (Å²) < 4.78 is 37.2. The SMILES string of the molecule is C=C1C[C@H]2C(O)N(C(=O)OCc3ccc(O[C@@H]4O[C@H](C(=O)O)[C@@H](O)[C@H](O)[C@H]4O)c(C(=O)NCCOCCON)c3)c3cc(OCc4cccc(C(=O)Nc5cc(C(=O)Nc6cc(C(=O)NCCCO)n(C)c6)n(C)c5)c4)c(OC)cc3C(=O)N2C1. The maximum Gasteiger partial charge on any atom is 0.416 e. The molecule has 0 spiro atoms. The van der Waals surface area contributed by atoms with E-state index in [2.05, 4.69) is 32.7 Å². The topological polar surface area (TPSA) is 396 Å². The third-order valence-corrected chi connectivity index (χ3v) is 13.9. The van der Waals surface area contributed by atoms with Crippen molar-refractivity contribution in [2.75, 3.05) is 68.7 Å². The lowest BCUT2D eigenvalue weighted by atomic mass is 9.99. The van der Waals surface area contributed by atoms with Gasteiger partial charge in [-0.25, -0.2) is 20.4 Å². The molecule has 2 fully saturated rings. The number of rotatable bonds is 24. The Morgan fingerprint density at radius 2 is 1.46 bits per heavy atom. The number of amides is 6. The average molecular weight is 1180 g/mol. The van der Waals surface area contributed by atoms with Gasteiger partial charge in [0.25, 0.3) is 29.5 Å². The third-order valence-electron chi connectivity index (χ3n) is 13.9. The number of nitrogens with zero attached hydrogens (tertiary/aromatic N) is 4. The third kappa shape index (κ3) is 14.4. The number of aryl methyl sites for hydroxylation is 2. The fraction of sp³-hybridized carbons (Fsp3) is 0.375. The number of hydrogen-bond donors (Lipinski definition) is 11. The Kier molecular flexibility index (Phi) is 20.2. The Balaban J connectivity index is 0.987. The summed E-state index contributed by atoms with van der Waals surface area (Å²) in [6.45, 7) is 3.66. The molecule has 1 unspecified atom stereocenters. The molecule has 0 bridgehead atoms. The fourth-order valence-corrected chi connectivity index (χ4v) is 9.61. The lowest BCUT2D eigenvalue weighted by molar-refractivity contribution is -0.271. The standard InChI is InChI=1S/C56H65N9O20/c1-29-17-40-53(75)65(56(78)82-28-31-9-10-41(36(19-31)49(71)59-12-14-80-15-16-83-57)84-55-46(69)44(67)45(68)47(85-55)54(76)77)37-23-43(42(79-4)22-35(37)52(74)64(40)24-29)81-27-30-7-5-8-32(18-30)48(70)60-33-21-39(63(3)25-33)51(73)61-34-20-38(62(2)26-34)50(72)58-11-6-13-66/h5,7-10,18-23,25-26,40,44-47,53,55,66-69,75H,1,6,11-17,24,27-28,57H2,2-4H3,(H,58,72)(H,59,71)(H,60,70)(H,61,73)(H,76,77)/t40-,44-,45-,46+,47-,53?,55+/m0/s1. The highest BCUT2D eigenvalue weighted by atomic mass is 16.7. The number of anilines is 3. The van der Waals surface area contributed by atoms with E-state index in [1.54, 1.807) is 55.3 Å². The van der Waals surface area contributed by atoms with Crippen LogP contribution in [-0.2, 0) is 51.2 Å². The zero-order valence-electron chi connectivity index (χ0n) is 46.3. The van der Waals surface area contributed by atoms with E-state index in [9.17, 15) is 59.1 Å². The van der Waals surface area contributed by atoms with Crippen LogP contribution in [-0.4, -0.2) is 182 Å². The molecule has 0 saturated carbocycles. The van der Waals surface area contributed by atoms with Crippen LogP contribution >= 0.6 is 0 Å². The number of carboxylic acids is 1. The molecule has 7 atom stereocenters. The van der Waals surface area contributed by atoms with Crippen molar-refractivity contribution in [1.82, 2.24) is 24.7 Å². The number of aromatic nitrogens is 2. The number of methoxy groups -OCH3 is 1. The molecule has 12 N–H and O–H groups in total. The number of hydrogen-bond acceptors (Lipinski definition) is 20. The van der Waals surface area contributed by atoms with Crippen LogP contribution in [0.1, 0.15) is 76.0 Å². The van der Waals surface area contributed by atoms with Crippen LogP contribution in [0.2, 0.25) is 0 Å². The van der Waals surface area contributed by atoms with E-state index < -0.39 is 85.3 Å². The summed E-state index contributed by atoms with van der Waals surface area (Å²) in [6, 6.07) is 15.0. The van der Waals surface area contributed by atoms with Gasteiger partial charge in [0.2, 0.25) is 6.29 Å². The van der Waals surface area contributed by atoms with E-state index in [-0.39, 0.29) is 116 Å². The first-order valence-electron chi connectivity index (χ1n) is 26.5. The van der Waals surface area contributed by atoms with Gasteiger partial charge in [-0.2, -0.15) is 0 Å². The maximum absolute atomic E-state index is 14.5. The molecule has 3 aliphatic rings. The predicted molar refractivity (Wildman–Crippen MR) is 296 cm³/mol. The van der Waals surface area contributed by atoms with E-state index >= 15 is 0 Å². The molecule has 3 aliphatic heterocycles. The van der Waals surface area contributed by atoms with Gasteiger partial charge in [0, 0.05) is 64.4 Å². The normalized spacial score (nSPS) is 19.9. The van der Waals surface area contributed by atoms with Gasteiger partial charge in [-0.05, 0) is 66.4 Å². The number of carbonyl (C=O) groups is 7. The van der Waals surface area contributed by atoms with Crippen LogP contribution in [0.15, 0.2) is 91.3 Å². The molecule has 6 amide bonds. The molecule has 29 heteroatoms. The number of aliphatic carboxylic acids is 1. The van der Waals surface area contributed by atoms with Crippen molar-refractivity contribution in [3.05, 3.63) is 130 Å². The van der Waals surface area contributed by atoms with Crippen molar-refractivity contribution >= 4 is 58.7 Å². The number of carboxylic acid groups (broad SMARTS) is 1. The molecule has 8 rings (SSSR count). The number of aliphatic hydroxyl groups excluding tert-OH is 5. The first-order chi connectivity index (χ1) is 40.7. The number of aliphatic hydroxyl groups is 5. The highest BCUT2D eigenvalue weighted by molar-refractivity contribution is 6.08. The number of nitrogens with two attached hydrogens (primary N) is 1. The van der Waals surface area contributed by atoms with Crippen LogP contribution in [0, 0.1) is 0 Å². The zero-order chi connectivity index (χ0) is 61.2. The zero-order valence-corrected chi connectivity index (χ0v) is 46.3. The van der Waals surface area contributed by atoms with Gasteiger partial charge in [0.15, 0.2) is 23.8 Å². The number of nitrogens with one attached hydrogen (secondary N) is 4. The second-order valence-corrected chi connectivity index (χ2v) is 19.9. The van der Waals surface area contributed by atoms with Crippen molar-refractivity contribution in [2.24, 2.45) is 20.0 Å². The fourth-order valence-electron chi connectivity index (χ4n) is 9.61. The molecule has 3 aromatic carbocycles. The number of ether oxygens (including phenoxy) is 6. The molecule has 0 aliphatic carbocycles. The highest BCUT2D eigenvalue weighted by Crippen LogP contribution is 2.42. The van der Waals surface area contributed by atoms with Gasteiger partial charge in [-0.3, -0.25) is 24.0 Å². The molecule has 5 aromatic rings. The Morgan fingerprint density at radius 1 is 0.765 bits per heavy atom. The number of benzene rings is 3. The molecular weight excluding hydrogens is 1120 g/mol. The molecule has 2 saturated heterocycles. The minimum absolute atomic E-state index is 0.0100. The second-order valence-electron chi connectivity index (χ2n) is 19.9. The molecule has 85 heavy (non-hydrogen) atoms. The highest BCUT2D eigenvalue weighted by Gasteiger charge is 2.49. The lowest BCUT2D eigenvalue weighted by Crippen LogP contribution is -2.61. The summed E-state index contributed by atoms with van der Waals surface area (Å²) in [5, 5.41) is 72.9. The van der Waals surface area contributed by atoms with Crippen molar-refractivity contribution in [3.63, 3.8) is 0 Å². The van der Waals surface area contributed by atoms with Crippen molar-refractivity contribution in [2.45, 2.75) is 69.0 Å². The van der Waals surface area contributed by atoms with Crippen molar-refractivity contribution in [3.8, 4) is 17.2 Å². The van der Waals surface area contributed by atoms with Gasteiger partial charge >= 0.3 is 12.1 Å². The van der Waals surface area contributed by atoms with Crippen LogP contribution in [0.5, 0.6) is 17.2 Å². The molecular formula is C56H65N9O20. The first kappa shape index (κ1) is 62.1. The van der Waals surface area contributed by atoms with Gasteiger partial charge in [-0.1, -0.05) is 30.4 Å². The lowest BCUT2D eigenvalue weighted by Gasteiger charge is -2.38. The van der Waals surface area contributed by atoms with E-state index in [1.807, 2.05) is 0 Å². The monoisotopic (exact) mass is 1180 g/mol. The van der Waals surface area contributed by atoms with Crippen LogP contribution in [0.3, 0.4) is 0 Å². The average Bonchev–Trinajstić information content (AvgIpc) is 2.12.